The molecule has 1 aliphatic rings. The lowest BCUT2D eigenvalue weighted by atomic mass is 10.1. The van der Waals surface area contributed by atoms with E-state index in [0.717, 1.165) is 47.4 Å². The smallest absolute Gasteiger partial charge is 0.254 e. The summed E-state index contributed by atoms with van der Waals surface area (Å²) in [5.41, 5.74) is 3.31. The summed E-state index contributed by atoms with van der Waals surface area (Å²) in [5, 5.41) is 3.67. The Bertz CT molecular complexity index is 1070. The number of anilines is 1. The number of ether oxygens (including phenoxy) is 1. The van der Waals surface area contributed by atoms with Crippen LogP contribution in [0.25, 0.3) is 0 Å². The van der Waals surface area contributed by atoms with Crippen LogP contribution in [0.2, 0.25) is 5.02 Å². The fraction of sp³-hybridized carbons (Fsp3) is 0.292. The molecule has 4 rings (SSSR count). The van der Waals surface area contributed by atoms with Gasteiger partial charge in [0.15, 0.2) is 0 Å². The van der Waals surface area contributed by atoms with Gasteiger partial charge in [-0.1, -0.05) is 23.7 Å². The molecule has 7 heteroatoms. The third-order valence-corrected chi connectivity index (χ3v) is 5.83. The molecule has 1 aliphatic heterocycles. The Kier molecular flexibility index (Phi) is 6.37. The molecule has 1 amide bonds. The molecular weight excluding hydrogens is 412 g/mol. The van der Waals surface area contributed by atoms with E-state index in [0.29, 0.717) is 17.8 Å². The molecule has 1 N–H and O–H groups in total. The minimum absolute atomic E-state index is 0.180. The Hall–Kier alpha value is -3.12. The molecule has 2 aromatic carbocycles. The molecule has 0 saturated carbocycles. The monoisotopic (exact) mass is 436 g/mol. The van der Waals surface area contributed by atoms with E-state index in [-0.39, 0.29) is 11.8 Å². The first-order valence-electron chi connectivity index (χ1n) is 10.3. The normalized spacial score (nSPS) is 15.7. The fourth-order valence-electron chi connectivity index (χ4n) is 3.82. The maximum atomic E-state index is 12.6. The van der Waals surface area contributed by atoms with Gasteiger partial charge in [-0.2, -0.15) is 0 Å². The average Bonchev–Trinajstić information content (AvgIpc) is 3.28. The molecule has 1 fully saturated rings. The van der Waals surface area contributed by atoms with Crippen LogP contribution in [-0.2, 0) is 6.54 Å². The minimum atomic E-state index is -0.180. The van der Waals surface area contributed by atoms with E-state index in [1.54, 1.807) is 13.3 Å². The predicted octanol–water partition coefficient (Wildman–Crippen LogP) is 4.37. The van der Waals surface area contributed by atoms with Gasteiger partial charge in [-0.15, -0.1) is 0 Å². The van der Waals surface area contributed by atoms with Crippen LogP contribution in [0.1, 0.15) is 39.8 Å². The summed E-state index contributed by atoms with van der Waals surface area (Å²) in [6, 6.07) is 15.5. The molecule has 6 nitrogen and oxygen atoms in total. The zero-order valence-electron chi connectivity index (χ0n) is 17.6. The van der Waals surface area contributed by atoms with Crippen LogP contribution in [0.3, 0.4) is 0 Å². The first-order valence-corrected chi connectivity index (χ1v) is 10.7. The molecule has 1 saturated heterocycles. The summed E-state index contributed by atoms with van der Waals surface area (Å²) in [6.07, 6.45) is 2.62. The van der Waals surface area contributed by atoms with Crippen LogP contribution in [0.5, 0.6) is 5.75 Å². The SMILES string of the molecule is COc1cccc(CNC(=O)c2cnc([C@H]3CCN(c4ccc(Cl)cc4)C3)nc2C)c1. The largest absolute Gasteiger partial charge is 0.497 e. The predicted molar refractivity (Wildman–Crippen MR) is 122 cm³/mol. The number of aryl methyl sites for hydroxylation is 1. The lowest BCUT2D eigenvalue weighted by Gasteiger charge is -2.18. The lowest BCUT2D eigenvalue weighted by Crippen LogP contribution is -2.25. The number of carbonyl (C=O) groups excluding carboxylic acids is 1. The van der Waals surface area contributed by atoms with E-state index < -0.39 is 0 Å². The van der Waals surface area contributed by atoms with Crippen LogP contribution in [0, 0.1) is 6.92 Å². The van der Waals surface area contributed by atoms with Crippen molar-refractivity contribution in [3.8, 4) is 5.75 Å². The van der Waals surface area contributed by atoms with Gasteiger partial charge in [-0.05, 0) is 55.3 Å². The first kappa shape index (κ1) is 21.1. The number of carbonyl (C=O) groups is 1. The van der Waals surface area contributed by atoms with Gasteiger partial charge in [-0.3, -0.25) is 4.79 Å². The number of halogens is 1. The second-order valence-electron chi connectivity index (χ2n) is 7.67. The molecule has 160 valence electrons. The highest BCUT2D eigenvalue weighted by atomic mass is 35.5. The van der Waals surface area contributed by atoms with Crippen LogP contribution < -0.4 is 15.0 Å². The van der Waals surface area contributed by atoms with Crippen molar-refractivity contribution >= 4 is 23.2 Å². The van der Waals surface area contributed by atoms with Gasteiger partial charge in [0.25, 0.3) is 5.91 Å². The van der Waals surface area contributed by atoms with Crippen LogP contribution in [0.4, 0.5) is 5.69 Å². The molecule has 0 spiro atoms. The van der Waals surface area contributed by atoms with Crippen molar-refractivity contribution < 1.29 is 9.53 Å². The third kappa shape index (κ3) is 4.97. The standard InChI is InChI=1S/C24H25ClN4O2/c1-16-22(24(30)27-13-17-4-3-5-21(12-17)31-2)14-26-23(28-16)18-10-11-29(15-18)20-8-6-19(25)7-9-20/h3-9,12,14,18H,10-11,13,15H2,1-2H3,(H,27,30)/t18-/m0/s1. The summed E-state index contributed by atoms with van der Waals surface area (Å²) in [6.45, 7) is 4.06. The molecule has 2 heterocycles. The lowest BCUT2D eigenvalue weighted by molar-refractivity contribution is 0.0949. The van der Waals surface area contributed by atoms with E-state index in [2.05, 4.69) is 20.2 Å². The number of nitrogens with zero attached hydrogens (tertiary/aromatic N) is 3. The number of aromatic nitrogens is 2. The van der Waals surface area contributed by atoms with Gasteiger partial charge < -0.3 is 15.0 Å². The van der Waals surface area contributed by atoms with Crippen LogP contribution >= 0.6 is 11.6 Å². The number of amides is 1. The number of hydrogen-bond donors (Lipinski definition) is 1. The third-order valence-electron chi connectivity index (χ3n) is 5.57. The van der Waals surface area contributed by atoms with Gasteiger partial charge in [0.2, 0.25) is 0 Å². The van der Waals surface area contributed by atoms with Crippen molar-refractivity contribution in [1.29, 1.82) is 0 Å². The number of hydrogen-bond acceptors (Lipinski definition) is 5. The van der Waals surface area contributed by atoms with Crippen molar-refractivity contribution in [3.05, 3.63) is 82.4 Å². The summed E-state index contributed by atoms with van der Waals surface area (Å²) in [4.78, 5) is 24.2. The van der Waals surface area contributed by atoms with Crippen LogP contribution in [0.15, 0.2) is 54.7 Å². The Morgan fingerprint density at radius 2 is 2.06 bits per heavy atom. The highest BCUT2D eigenvalue weighted by molar-refractivity contribution is 6.30. The Morgan fingerprint density at radius 1 is 1.26 bits per heavy atom. The molecule has 3 aromatic rings. The van der Waals surface area contributed by atoms with E-state index >= 15 is 0 Å². The zero-order chi connectivity index (χ0) is 21.8. The fourth-order valence-corrected chi connectivity index (χ4v) is 3.95. The quantitative estimate of drug-likeness (QED) is 0.621. The molecule has 1 aromatic heterocycles. The zero-order valence-corrected chi connectivity index (χ0v) is 18.4. The molecule has 0 bridgehead atoms. The molecule has 31 heavy (non-hydrogen) atoms. The second kappa shape index (κ2) is 9.35. The first-order chi connectivity index (χ1) is 15.0. The number of methoxy groups -OCH3 is 1. The Balaban J connectivity index is 1.39. The van der Waals surface area contributed by atoms with Crippen molar-refractivity contribution in [2.24, 2.45) is 0 Å². The van der Waals surface area contributed by atoms with E-state index in [1.807, 2.05) is 55.5 Å². The molecule has 1 atom stereocenters. The van der Waals surface area contributed by atoms with Crippen molar-refractivity contribution in [2.45, 2.75) is 25.8 Å². The van der Waals surface area contributed by atoms with Gasteiger partial charge >= 0.3 is 0 Å². The highest BCUT2D eigenvalue weighted by Gasteiger charge is 2.27. The molecule has 0 radical (unpaired) electrons. The van der Waals surface area contributed by atoms with Gasteiger partial charge in [-0.25, -0.2) is 9.97 Å². The molecule has 0 aliphatic carbocycles. The number of nitrogens with one attached hydrogen (secondary N) is 1. The summed E-state index contributed by atoms with van der Waals surface area (Å²) >= 11 is 5.99. The topological polar surface area (TPSA) is 67.3 Å². The Morgan fingerprint density at radius 3 is 2.81 bits per heavy atom. The van der Waals surface area contributed by atoms with E-state index in [1.165, 1.54) is 0 Å². The number of rotatable bonds is 6. The summed E-state index contributed by atoms with van der Waals surface area (Å²) in [7, 11) is 1.62. The second-order valence-corrected chi connectivity index (χ2v) is 8.11. The van der Waals surface area contributed by atoms with Crippen molar-refractivity contribution in [1.82, 2.24) is 15.3 Å². The Labute approximate surface area is 187 Å². The van der Waals surface area contributed by atoms with Gasteiger partial charge in [0.05, 0.1) is 18.4 Å². The van der Waals surface area contributed by atoms with E-state index in [9.17, 15) is 4.79 Å². The van der Waals surface area contributed by atoms with Gasteiger partial charge in [0.1, 0.15) is 11.6 Å². The van der Waals surface area contributed by atoms with Crippen LogP contribution in [-0.4, -0.2) is 36.1 Å². The van der Waals surface area contributed by atoms with Gasteiger partial charge in [0, 0.05) is 42.5 Å². The summed E-state index contributed by atoms with van der Waals surface area (Å²) in [5.74, 6) is 1.61. The highest BCUT2D eigenvalue weighted by Crippen LogP contribution is 2.30. The maximum absolute atomic E-state index is 12.6. The maximum Gasteiger partial charge on any atom is 0.254 e. The molecule has 0 unspecified atom stereocenters. The van der Waals surface area contributed by atoms with E-state index in [4.69, 9.17) is 16.3 Å². The van der Waals surface area contributed by atoms with Crippen molar-refractivity contribution in [2.75, 3.05) is 25.1 Å². The summed E-state index contributed by atoms with van der Waals surface area (Å²) < 4.78 is 5.23. The average molecular weight is 437 g/mol. The molecular formula is C24H25ClN4O2. The minimum Gasteiger partial charge on any atom is -0.497 e. The number of benzene rings is 2. The van der Waals surface area contributed by atoms with Crippen molar-refractivity contribution in [3.63, 3.8) is 0 Å².